The molecule has 0 fully saturated rings. The van der Waals surface area contributed by atoms with Gasteiger partial charge in [-0.2, -0.15) is 8.78 Å². The van der Waals surface area contributed by atoms with Crippen molar-refractivity contribution in [2.45, 2.75) is 28.0 Å². The highest BCUT2D eigenvalue weighted by Gasteiger charge is 2.43. The molecule has 1 aromatic heterocycles. The summed E-state index contributed by atoms with van der Waals surface area (Å²) in [6.45, 7) is 3.80. The zero-order chi connectivity index (χ0) is 22.0. The van der Waals surface area contributed by atoms with Gasteiger partial charge in [-0.1, -0.05) is 49.1 Å². The van der Waals surface area contributed by atoms with Gasteiger partial charge in [-0.05, 0) is 65.4 Å². The van der Waals surface area contributed by atoms with Crippen LogP contribution < -0.4 is 0 Å². The Hall–Kier alpha value is -3.25. The first kappa shape index (κ1) is 21.0. The molecule has 2 aromatic carbocycles. The molecule has 1 N–H and O–H groups in total. The predicted molar refractivity (Wildman–Crippen MR) is 118 cm³/mol. The third-order valence-electron chi connectivity index (χ3n) is 5.58. The molecule has 31 heavy (non-hydrogen) atoms. The van der Waals surface area contributed by atoms with Crippen molar-refractivity contribution in [3.63, 3.8) is 0 Å². The number of aromatic nitrogens is 1. The zero-order valence-electron chi connectivity index (χ0n) is 16.6. The lowest BCUT2D eigenvalue weighted by molar-refractivity contribution is 0.479. The van der Waals surface area contributed by atoms with Crippen molar-refractivity contribution in [3.8, 4) is 0 Å². The maximum absolute atomic E-state index is 13.9. The highest BCUT2D eigenvalue weighted by atomic mass is 32.2. The van der Waals surface area contributed by atoms with Crippen LogP contribution in [-0.2, 0) is 22.6 Å². The van der Waals surface area contributed by atoms with Crippen LogP contribution in [-0.4, -0.2) is 15.2 Å². The second-order valence-electron chi connectivity index (χ2n) is 7.45. The van der Waals surface area contributed by atoms with Gasteiger partial charge in [-0.25, -0.2) is 9.19 Å². The van der Waals surface area contributed by atoms with Gasteiger partial charge in [0.1, 0.15) is 0 Å². The Morgan fingerprint density at radius 2 is 1.71 bits per heavy atom. The Kier molecular flexibility index (Phi) is 5.74. The Bertz CT molecular complexity index is 1190. The smallest absolute Gasteiger partial charge is 0.213 e. The molecule has 0 bridgehead atoms. The van der Waals surface area contributed by atoms with Crippen molar-refractivity contribution < 1.29 is 13.0 Å². The molecule has 1 aliphatic heterocycles. The second kappa shape index (κ2) is 8.47. The Labute approximate surface area is 182 Å². The van der Waals surface area contributed by atoms with E-state index in [2.05, 4.69) is 11.6 Å². The largest absolute Gasteiger partial charge is 0.274 e. The summed E-state index contributed by atoms with van der Waals surface area (Å²) in [5, 5.41) is 7.28. The second-order valence-corrected chi connectivity index (χ2v) is 8.87. The summed E-state index contributed by atoms with van der Waals surface area (Å²) >= 11 is 0. The molecular weight excluding hydrogens is 414 g/mol. The van der Waals surface area contributed by atoms with Gasteiger partial charge < -0.3 is 0 Å². The lowest BCUT2D eigenvalue weighted by Crippen LogP contribution is -2.36. The molecule has 4 rings (SSSR count). The average molecular weight is 435 g/mol. The number of benzene rings is 2. The summed E-state index contributed by atoms with van der Waals surface area (Å²) in [6.07, 6.45) is 4.76. The molecule has 0 radical (unpaired) electrons. The van der Waals surface area contributed by atoms with Crippen molar-refractivity contribution in [2.75, 3.05) is 0 Å². The summed E-state index contributed by atoms with van der Waals surface area (Å²) < 4.78 is 40.8. The third-order valence-corrected chi connectivity index (χ3v) is 7.09. The Morgan fingerprint density at radius 3 is 2.26 bits per heavy atom. The van der Waals surface area contributed by atoms with Crippen LogP contribution in [0.5, 0.6) is 0 Å². The van der Waals surface area contributed by atoms with E-state index in [-0.39, 0.29) is 0 Å². The van der Waals surface area contributed by atoms with Crippen LogP contribution in [0.2, 0.25) is 0 Å². The van der Waals surface area contributed by atoms with E-state index in [9.17, 15) is 13.0 Å². The number of rotatable bonds is 6. The third kappa shape index (κ3) is 3.91. The van der Waals surface area contributed by atoms with Crippen LogP contribution >= 0.6 is 0 Å². The average Bonchev–Trinajstić information content (AvgIpc) is 2.77. The van der Waals surface area contributed by atoms with Gasteiger partial charge in [0.2, 0.25) is 11.9 Å². The van der Waals surface area contributed by atoms with Crippen LogP contribution in [0.15, 0.2) is 101 Å². The molecule has 0 spiro atoms. The van der Waals surface area contributed by atoms with Gasteiger partial charge in [0.05, 0.1) is 10.8 Å². The van der Waals surface area contributed by atoms with Crippen molar-refractivity contribution in [2.24, 2.45) is 0 Å². The van der Waals surface area contributed by atoms with Crippen LogP contribution in [0.4, 0.5) is 8.78 Å². The van der Waals surface area contributed by atoms with Gasteiger partial charge >= 0.3 is 0 Å². The Morgan fingerprint density at radius 1 is 1.10 bits per heavy atom. The van der Waals surface area contributed by atoms with Crippen molar-refractivity contribution in [1.29, 1.82) is 5.41 Å². The number of allylic oxidation sites excluding steroid dienone is 3. The number of nitrogens with one attached hydrogen (secondary N) is 1. The van der Waals surface area contributed by atoms with Gasteiger partial charge in [0.15, 0.2) is 0 Å². The number of fused-ring (bicyclic) bond motifs is 2. The molecule has 156 valence electrons. The number of nitrogens with zero attached hydrogens (tertiary/aromatic N) is 1. The minimum Gasteiger partial charge on any atom is -0.274 e. The van der Waals surface area contributed by atoms with E-state index in [0.29, 0.717) is 33.8 Å². The molecule has 0 amide bonds. The molecule has 0 unspecified atom stereocenters. The number of pyridine rings is 1. The molecule has 3 nitrogen and oxygen atoms in total. The molecule has 3 aromatic rings. The number of halogens is 2. The van der Waals surface area contributed by atoms with Gasteiger partial charge in [0, 0.05) is 21.4 Å². The highest BCUT2D eigenvalue weighted by molar-refractivity contribution is 7.85. The monoisotopic (exact) mass is 434 g/mol. The fraction of sp³-hybridized carbons (Fsp3) is 0.120. The maximum Gasteiger partial charge on any atom is 0.213 e. The molecule has 0 saturated heterocycles. The SMILES string of the molecule is C=C/C(=C\C(=N)F)CC1(Cc2ccnc(F)c2)c2ccccc2S(=O)c2ccccc21. The topological polar surface area (TPSA) is 53.8 Å². The number of hydrogen-bond donors (Lipinski definition) is 1. The van der Waals surface area contributed by atoms with Crippen LogP contribution in [0, 0.1) is 11.4 Å². The zero-order valence-corrected chi connectivity index (χ0v) is 17.5. The van der Waals surface area contributed by atoms with Crippen molar-refractivity contribution in [3.05, 3.63) is 114 Å². The van der Waals surface area contributed by atoms with Crippen molar-refractivity contribution >= 4 is 16.8 Å². The maximum atomic E-state index is 13.9. The van der Waals surface area contributed by atoms with Crippen LogP contribution in [0.25, 0.3) is 0 Å². The molecule has 1 aliphatic rings. The summed E-state index contributed by atoms with van der Waals surface area (Å²) in [6, 6.07) is 18.1. The molecular formula is C25H20F2N2OS. The molecule has 0 atom stereocenters. The van der Waals surface area contributed by atoms with E-state index < -0.39 is 28.1 Å². The minimum atomic E-state index is -1.37. The standard InChI is InChI=1S/C25H20F2N2OS/c1-2-17(13-23(26)28)15-25(16-18-11-12-29-24(27)14-18)19-7-3-5-9-21(19)31(30)22-10-6-4-8-20(22)25/h2-14,28H,1,15-16H2/b17-13+,28-23?. The quantitative estimate of drug-likeness (QED) is 0.308. The summed E-state index contributed by atoms with van der Waals surface area (Å²) in [5.41, 5.74) is 2.15. The van der Waals surface area contributed by atoms with Gasteiger partial charge in [-0.3, -0.25) is 5.41 Å². The van der Waals surface area contributed by atoms with Gasteiger partial charge in [-0.15, -0.1) is 0 Å². The van der Waals surface area contributed by atoms with E-state index in [1.807, 2.05) is 48.5 Å². The summed E-state index contributed by atoms with van der Waals surface area (Å²) in [5.74, 6) is -1.65. The van der Waals surface area contributed by atoms with Crippen LogP contribution in [0.3, 0.4) is 0 Å². The van der Waals surface area contributed by atoms with E-state index in [1.165, 1.54) is 18.3 Å². The van der Waals surface area contributed by atoms with E-state index >= 15 is 0 Å². The van der Waals surface area contributed by atoms with Gasteiger partial charge in [0.25, 0.3) is 0 Å². The van der Waals surface area contributed by atoms with Crippen molar-refractivity contribution in [1.82, 2.24) is 4.98 Å². The lowest BCUT2D eigenvalue weighted by atomic mass is 9.66. The summed E-state index contributed by atoms with van der Waals surface area (Å²) in [7, 11) is -1.37. The first-order valence-corrected chi connectivity index (χ1v) is 10.9. The van der Waals surface area contributed by atoms with E-state index in [0.717, 1.165) is 17.2 Å². The first-order chi connectivity index (χ1) is 14.9. The highest BCUT2D eigenvalue weighted by Crippen LogP contribution is 2.49. The molecule has 0 saturated carbocycles. The van der Waals surface area contributed by atoms with E-state index in [4.69, 9.17) is 5.41 Å². The fourth-order valence-corrected chi connectivity index (χ4v) is 5.92. The molecule has 6 heteroatoms. The summed E-state index contributed by atoms with van der Waals surface area (Å²) in [4.78, 5) is 5.00. The van der Waals surface area contributed by atoms with Crippen LogP contribution in [0.1, 0.15) is 23.1 Å². The lowest BCUT2D eigenvalue weighted by Gasteiger charge is -2.41. The molecule has 0 aliphatic carbocycles. The molecule has 2 heterocycles. The Balaban J connectivity index is 2.02. The fourth-order valence-electron chi connectivity index (χ4n) is 4.35. The number of hydrogen-bond acceptors (Lipinski definition) is 3. The minimum absolute atomic E-state index is 0.304. The predicted octanol–water partition coefficient (Wildman–Crippen LogP) is 5.68. The first-order valence-electron chi connectivity index (χ1n) is 9.73. The van der Waals surface area contributed by atoms with E-state index in [1.54, 1.807) is 6.07 Å². The normalized spacial score (nSPS) is 19.9.